The van der Waals surface area contributed by atoms with E-state index in [0.717, 1.165) is 43.7 Å². The highest BCUT2D eigenvalue weighted by Gasteiger charge is 2.32. The van der Waals surface area contributed by atoms with Gasteiger partial charge >= 0.3 is 6.09 Å². The lowest BCUT2D eigenvalue weighted by Crippen LogP contribution is -2.29. The average Bonchev–Trinajstić information content (AvgIpc) is 3.09. The summed E-state index contributed by atoms with van der Waals surface area (Å²) < 4.78 is 11.6. The number of ether oxygens (including phenoxy) is 2. The molecule has 1 aromatic carbocycles. The third-order valence-corrected chi connectivity index (χ3v) is 4.73. The summed E-state index contributed by atoms with van der Waals surface area (Å²) in [5.74, 6) is 0. The van der Waals surface area contributed by atoms with E-state index in [4.69, 9.17) is 9.47 Å². The number of carbonyl (C=O) groups excluding carboxylic acids is 1. The molecule has 2 aliphatic rings. The van der Waals surface area contributed by atoms with Crippen LogP contribution in [-0.4, -0.2) is 55.8 Å². The van der Waals surface area contributed by atoms with Gasteiger partial charge in [-0.2, -0.15) is 0 Å². The molecule has 3 rings (SSSR count). The van der Waals surface area contributed by atoms with Crippen LogP contribution in [-0.2, 0) is 16.1 Å². The Hall–Kier alpha value is -2.11. The van der Waals surface area contributed by atoms with Crippen molar-refractivity contribution < 1.29 is 14.3 Å². The molecule has 1 aromatic rings. The van der Waals surface area contributed by atoms with Crippen LogP contribution in [0.3, 0.4) is 0 Å². The van der Waals surface area contributed by atoms with Crippen LogP contribution in [0, 0.1) is 0 Å². The number of amides is 1. The van der Waals surface area contributed by atoms with Gasteiger partial charge in [0.25, 0.3) is 0 Å². The van der Waals surface area contributed by atoms with E-state index in [-0.39, 0.29) is 12.2 Å². The van der Waals surface area contributed by atoms with Gasteiger partial charge in [0.1, 0.15) is 6.61 Å². The number of hydrogen-bond acceptors (Lipinski definition) is 4. The van der Waals surface area contributed by atoms with Gasteiger partial charge in [-0.15, -0.1) is 0 Å². The molecular weight excluding hydrogens is 328 g/mol. The summed E-state index contributed by atoms with van der Waals surface area (Å²) >= 11 is 0. The SMILES string of the molecule is CN(C)CCCOC1CC=CC2=C1CCN2C(=O)OCc1ccccc1. The van der Waals surface area contributed by atoms with E-state index in [1.807, 2.05) is 36.4 Å². The van der Waals surface area contributed by atoms with Crippen LogP contribution < -0.4 is 0 Å². The summed E-state index contributed by atoms with van der Waals surface area (Å²) in [7, 11) is 4.14. The Balaban J connectivity index is 1.55. The van der Waals surface area contributed by atoms with Crippen LogP contribution in [0.4, 0.5) is 4.79 Å². The molecule has 5 nitrogen and oxygen atoms in total. The first-order valence-electron chi connectivity index (χ1n) is 9.29. The minimum absolute atomic E-state index is 0.0871. The number of allylic oxidation sites excluding steroid dienone is 1. The highest BCUT2D eigenvalue weighted by molar-refractivity contribution is 5.72. The number of hydrogen-bond donors (Lipinski definition) is 0. The quantitative estimate of drug-likeness (QED) is 0.701. The summed E-state index contributed by atoms with van der Waals surface area (Å²) in [6.07, 6.45) is 6.69. The molecule has 0 aromatic heterocycles. The number of benzene rings is 1. The highest BCUT2D eigenvalue weighted by atomic mass is 16.6. The van der Waals surface area contributed by atoms with Gasteiger partial charge in [-0.05, 0) is 57.1 Å². The van der Waals surface area contributed by atoms with E-state index in [2.05, 4.69) is 25.1 Å². The predicted molar refractivity (Wildman–Crippen MR) is 102 cm³/mol. The Morgan fingerprint density at radius 3 is 2.85 bits per heavy atom. The van der Waals surface area contributed by atoms with Crippen molar-refractivity contribution in [3.8, 4) is 0 Å². The van der Waals surface area contributed by atoms with Gasteiger partial charge in [0.2, 0.25) is 0 Å². The van der Waals surface area contributed by atoms with E-state index < -0.39 is 0 Å². The third-order valence-electron chi connectivity index (χ3n) is 4.73. The lowest BCUT2D eigenvalue weighted by molar-refractivity contribution is 0.0713. The Labute approximate surface area is 155 Å². The van der Waals surface area contributed by atoms with Crippen LogP contribution >= 0.6 is 0 Å². The van der Waals surface area contributed by atoms with Crippen LogP contribution in [0.15, 0.2) is 53.8 Å². The van der Waals surface area contributed by atoms with Gasteiger partial charge in [0.05, 0.1) is 6.10 Å². The van der Waals surface area contributed by atoms with Crippen molar-refractivity contribution in [1.82, 2.24) is 9.80 Å². The van der Waals surface area contributed by atoms with E-state index in [1.54, 1.807) is 4.90 Å². The minimum atomic E-state index is -0.281. The summed E-state index contributed by atoms with van der Waals surface area (Å²) in [5, 5.41) is 0. The fourth-order valence-corrected chi connectivity index (χ4v) is 3.38. The van der Waals surface area contributed by atoms with Gasteiger partial charge in [-0.25, -0.2) is 4.79 Å². The maximum atomic E-state index is 12.5. The molecule has 0 fully saturated rings. The zero-order valence-electron chi connectivity index (χ0n) is 15.7. The van der Waals surface area contributed by atoms with Gasteiger partial charge < -0.3 is 14.4 Å². The van der Waals surface area contributed by atoms with E-state index in [1.165, 1.54) is 5.57 Å². The van der Waals surface area contributed by atoms with Gasteiger partial charge in [0.15, 0.2) is 0 Å². The van der Waals surface area contributed by atoms with Gasteiger partial charge in [0, 0.05) is 18.8 Å². The topological polar surface area (TPSA) is 42.0 Å². The highest BCUT2D eigenvalue weighted by Crippen LogP contribution is 2.33. The molecule has 1 amide bonds. The largest absolute Gasteiger partial charge is 0.444 e. The molecule has 0 saturated carbocycles. The molecule has 1 atom stereocenters. The molecule has 0 radical (unpaired) electrons. The molecule has 1 heterocycles. The second-order valence-electron chi connectivity index (χ2n) is 7.01. The predicted octanol–water partition coefficient (Wildman–Crippen LogP) is 3.58. The molecule has 1 unspecified atom stereocenters. The van der Waals surface area contributed by atoms with Gasteiger partial charge in [-0.1, -0.05) is 36.4 Å². The second kappa shape index (κ2) is 9.01. The fraction of sp³-hybridized carbons (Fsp3) is 0.476. The smallest absolute Gasteiger partial charge is 0.414 e. The normalized spacial score (nSPS) is 19.2. The van der Waals surface area contributed by atoms with Crippen molar-refractivity contribution in [2.24, 2.45) is 0 Å². The van der Waals surface area contributed by atoms with Crippen molar-refractivity contribution in [1.29, 1.82) is 0 Å². The summed E-state index contributed by atoms with van der Waals surface area (Å²) in [6, 6.07) is 9.76. The lowest BCUT2D eigenvalue weighted by Gasteiger charge is -2.24. The first kappa shape index (κ1) is 18.7. The van der Waals surface area contributed by atoms with Gasteiger partial charge in [-0.3, -0.25) is 4.90 Å². The molecule has 0 N–H and O–H groups in total. The molecule has 5 heteroatoms. The molecule has 1 aliphatic carbocycles. The first-order chi connectivity index (χ1) is 12.6. The summed E-state index contributed by atoms with van der Waals surface area (Å²) in [5.41, 5.74) is 3.19. The maximum Gasteiger partial charge on any atom is 0.414 e. The molecule has 26 heavy (non-hydrogen) atoms. The zero-order valence-corrected chi connectivity index (χ0v) is 15.7. The molecule has 1 aliphatic heterocycles. The van der Waals surface area contributed by atoms with E-state index in [9.17, 15) is 4.79 Å². The van der Waals surface area contributed by atoms with E-state index in [0.29, 0.717) is 13.2 Å². The van der Waals surface area contributed by atoms with Crippen LogP contribution in [0.25, 0.3) is 0 Å². The molecule has 140 valence electrons. The van der Waals surface area contributed by atoms with Crippen molar-refractivity contribution in [2.75, 3.05) is 33.8 Å². The maximum absolute atomic E-state index is 12.5. The zero-order chi connectivity index (χ0) is 18.4. The van der Waals surface area contributed by atoms with E-state index >= 15 is 0 Å². The third kappa shape index (κ3) is 4.74. The number of nitrogens with zero attached hydrogens (tertiary/aromatic N) is 2. The fourth-order valence-electron chi connectivity index (χ4n) is 3.38. The monoisotopic (exact) mass is 356 g/mol. The standard InChI is InChI=1S/C21H28N2O3/c1-22(2)13-7-15-25-20-11-6-10-19-18(20)12-14-23(19)21(24)26-16-17-8-4-3-5-9-17/h3-6,8-10,20H,7,11-16H2,1-2H3. The number of carbonyl (C=O) groups is 1. The Kier molecular flexibility index (Phi) is 6.47. The van der Waals surface area contributed by atoms with Crippen LogP contribution in [0.2, 0.25) is 0 Å². The summed E-state index contributed by atoms with van der Waals surface area (Å²) in [6.45, 7) is 2.73. The molecule has 0 bridgehead atoms. The minimum Gasteiger partial charge on any atom is -0.444 e. The molecular formula is C21H28N2O3. The molecule has 0 spiro atoms. The van der Waals surface area contributed by atoms with Crippen LogP contribution in [0.5, 0.6) is 0 Å². The van der Waals surface area contributed by atoms with Crippen molar-refractivity contribution in [3.63, 3.8) is 0 Å². The number of rotatable bonds is 7. The molecule has 0 saturated heterocycles. The summed E-state index contributed by atoms with van der Waals surface area (Å²) in [4.78, 5) is 16.4. The van der Waals surface area contributed by atoms with Crippen molar-refractivity contribution in [3.05, 3.63) is 59.3 Å². The van der Waals surface area contributed by atoms with Crippen molar-refractivity contribution >= 4 is 6.09 Å². The average molecular weight is 356 g/mol. The second-order valence-corrected chi connectivity index (χ2v) is 7.01. The Morgan fingerprint density at radius 2 is 2.08 bits per heavy atom. The Morgan fingerprint density at radius 1 is 1.27 bits per heavy atom. The Bertz CT molecular complexity index is 667. The van der Waals surface area contributed by atoms with Crippen molar-refractivity contribution in [2.45, 2.75) is 32.0 Å². The van der Waals surface area contributed by atoms with Crippen LogP contribution in [0.1, 0.15) is 24.8 Å². The first-order valence-corrected chi connectivity index (χ1v) is 9.29. The lowest BCUT2D eigenvalue weighted by atomic mass is 9.99.